The molecule has 2 unspecified atom stereocenters. The molecule has 12 heavy (non-hydrogen) atoms. The quantitative estimate of drug-likeness (QED) is 0.686. The Morgan fingerprint density at radius 3 is 2.92 bits per heavy atom. The summed E-state index contributed by atoms with van der Waals surface area (Å²) in [5.74, 6) is 0.579. The van der Waals surface area contributed by atoms with Crippen LogP contribution in [0.4, 0.5) is 0 Å². The number of methoxy groups -OCH3 is 1. The van der Waals surface area contributed by atoms with Crippen LogP contribution in [0.2, 0.25) is 0 Å². The van der Waals surface area contributed by atoms with E-state index < -0.39 is 0 Å². The van der Waals surface area contributed by atoms with Gasteiger partial charge in [-0.1, -0.05) is 6.42 Å². The predicted molar refractivity (Wildman–Crippen MR) is 46.8 cm³/mol. The van der Waals surface area contributed by atoms with Crippen LogP contribution in [0.3, 0.4) is 0 Å². The van der Waals surface area contributed by atoms with Crippen molar-refractivity contribution in [2.45, 2.75) is 32.3 Å². The van der Waals surface area contributed by atoms with Gasteiger partial charge in [-0.05, 0) is 12.8 Å². The Morgan fingerprint density at radius 1 is 1.58 bits per heavy atom. The Kier molecular flexibility index (Phi) is 3.53. The van der Waals surface area contributed by atoms with Crippen molar-refractivity contribution in [2.24, 2.45) is 5.92 Å². The van der Waals surface area contributed by atoms with Crippen molar-refractivity contribution in [2.75, 3.05) is 13.7 Å². The molecule has 1 aliphatic carbocycles. The van der Waals surface area contributed by atoms with E-state index in [1.54, 1.807) is 14.0 Å². The third-order valence-corrected chi connectivity index (χ3v) is 2.51. The summed E-state index contributed by atoms with van der Waals surface area (Å²) in [4.78, 5) is 10.6. The molecule has 0 bridgehead atoms. The highest BCUT2D eigenvalue weighted by Crippen LogP contribution is 2.26. The first-order valence-electron chi connectivity index (χ1n) is 4.51. The summed E-state index contributed by atoms with van der Waals surface area (Å²) in [5.41, 5.74) is 0. The molecule has 0 aromatic rings. The van der Waals surface area contributed by atoms with Gasteiger partial charge in [-0.25, -0.2) is 0 Å². The fourth-order valence-corrected chi connectivity index (χ4v) is 1.82. The van der Waals surface area contributed by atoms with E-state index >= 15 is 0 Å². The van der Waals surface area contributed by atoms with Gasteiger partial charge in [0.05, 0.1) is 6.10 Å². The summed E-state index contributed by atoms with van der Waals surface area (Å²) in [5, 5.41) is 2.83. The molecule has 1 saturated carbocycles. The van der Waals surface area contributed by atoms with E-state index in [9.17, 15) is 4.79 Å². The zero-order valence-electron chi connectivity index (χ0n) is 7.80. The molecule has 0 aliphatic heterocycles. The van der Waals surface area contributed by atoms with E-state index in [0.29, 0.717) is 12.0 Å². The van der Waals surface area contributed by atoms with E-state index in [0.717, 1.165) is 13.0 Å². The molecule has 1 fully saturated rings. The number of ether oxygens (including phenoxy) is 1. The minimum Gasteiger partial charge on any atom is -0.381 e. The summed E-state index contributed by atoms with van der Waals surface area (Å²) in [6.07, 6.45) is 3.90. The molecular weight excluding hydrogens is 154 g/mol. The molecule has 70 valence electrons. The second kappa shape index (κ2) is 4.45. The minimum atomic E-state index is 0.0525. The number of amides is 1. The third-order valence-electron chi connectivity index (χ3n) is 2.51. The third kappa shape index (κ3) is 2.48. The molecule has 3 nitrogen and oxygen atoms in total. The average molecular weight is 171 g/mol. The Hall–Kier alpha value is -0.570. The summed E-state index contributed by atoms with van der Waals surface area (Å²) in [6, 6.07) is 0. The van der Waals surface area contributed by atoms with Gasteiger partial charge in [0.1, 0.15) is 0 Å². The lowest BCUT2D eigenvalue weighted by Gasteiger charge is -2.17. The second-order valence-corrected chi connectivity index (χ2v) is 3.40. The molecular formula is C9H17NO2. The SMILES string of the molecule is COC1CCCC1CNC(C)=O. The predicted octanol–water partition coefficient (Wildman–Crippen LogP) is 0.938. The molecule has 3 heteroatoms. The van der Waals surface area contributed by atoms with Crippen LogP contribution in [0.5, 0.6) is 0 Å². The number of carbonyl (C=O) groups excluding carboxylic acids is 1. The Morgan fingerprint density at radius 2 is 2.33 bits per heavy atom. The molecule has 0 saturated heterocycles. The van der Waals surface area contributed by atoms with Crippen LogP contribution in [-0.4, -0.2) is 25.7 Å². The standard InChI is InChI=1S/C9H17NO2/c1-7(11)10-6-8-4-3-5-9(8)12-2/h8-9H,3-6H2,1-2H3,(H,10,11). The van der Waals surface area contributed by atoms with Crippen LogP contribution < -0.4 is 5.32 Å². The van der Waals surface area contributed by atoms with Gasteiger partial charge in [-0.3, -0.25) is 4.79 Å². The number of rotatable bonds is 3. The number of carbonyl (C=O) groups is 1. The van der Waals surface area contributed by atoms with Crippen molar-refractivity contribution in [1.82, 2.24) is 5.32 Å². The summed E-state index contributed by atoms with van der Waals surface area (Å²) >= 11 is 0. The fraction of sp³-hybridized carbons (Fsp3) is 0.889. The molecule has 1 N–H and O–H groups in total. The Labute approximate surface area is 73.5 Å². The van der Waals surface area contributed by atoms with Gasteiger partial charge in [0.25, 0.3) is 0 Å². The normalized spacial score (nSPS) is 28.8. The van der Waals surface area contributed by atoms with Crippen molar-refractivity contribution in [3.63, 3.8) is 0 Å². The first kappa shape index (κ1) is 9.52. The van der Waals surface area contributed by atoms with E-state index in [1.165, 1.54) is 12.8 Å². The van der Waals surface area contributed by atoms with Crippen molar-refractivity contribution >= 4 is 5.91 Å². The van der Waals surface area contributed by atoms with Gasteiger partial charge in [-0.2, -0.15) is 0 Å². The summed E-state index contributed by atoms with van der Waals surface area (Å²) < 4.78 is 5.30. The molecule has 0 aromatic heterocycles. The monoisotopic (exact) mass is 171 g/mol. The highest BCUT2D eigenvalue weighted by atomic mass is 16.5. The van der Waals surface area contributed by atoms with E-state index in [1.807, 2.05) is 0 Å². The van der Waals surface area contributed by atoms with Crippen molar-refractivity contribution in [3.05, 3.63) is 0 Å². The lowest BCUT2D eigenvalue weighted by atomic mass is 10.1. The Balaban J connectivity index is 2.26. The van der Waals surface area contributed by atoms with Gasteiger partial charge in [0, 0.05) is 26.5 Å². The number of hydrogen-bond acceptors (Lipinski definition) is 2. The second-order valence-electron chi connectivity index (χ2n) is 3.40. The minimum absolute atomic E-state index is 0.0525. The van der Waals surface area contributed by atoms with E-state index in [4.69, 9.17) is 4.74 Å². The van der Waals surface area contributed by atoms with Crippen LogP contribution in [0.25, 0.3) is 0 Å². The fourth-order valence-electron chi connectivity index (χ4n) is 1.82. The summed E-state index contributed by atoms with van der Waals surface area (Å²) in [7, 11) is 1.75. The van der Waals surface area contributed by atoms with Crippen LogP contribution in [0.15, 0.2) is 0 Å². The number of nitrogens with one attached hydrogen (secondary N) is 1. The number of hydrogen-bond donors (Lipinski definition) is 1. The largest absolute Gasteiger partial charge is 0.381 e. The van der Waals surface area contributed by atoms with Gasteiger partial charge in [-0.15, -0.1) is 0 Å². The molecule has 0 aromatic carbocycles. The summed E-state index contributed by atoms with van der Waals surface area (Å²) in [6.45, 7) is 2.32. The van der Waals surface area contributed by atoms with E-state index in [-0.39, 0.29) is 5.91 Å². The zero-order chi connectivity index (χ0) is 8.97. The van der Waals surface area contributed by atoms with Gasteiger partial charge in [0.2, 0.25) is 5.91 Å². The molecule has 0 heterocycles. The molecule has 1 amide bonds. The molecule has 2 atom stereocenters. The lowest BCUT2D eigenvalue weighted by Crippen LogP contribution is -2.31. The van der Waals surface area contributed by atoms with Gasteiger partial charge < -0.3 is 10.1 Å². The smallest absolute Gasteiger partial charge is 0.216 e. The Bertz CT molecular complexity index is 159. The van der Waals surface area contributed by atoms with Crippen LogP contribution >= 0.6 is 0 Å². The topological polar surface area (TPSA) is 38.3 Å². The van der Waals surface area contributed by atoms with Gasteiger partial charge >= 0.3 is 0 Å². The first-order chi connectivity index (χ1) is 5.74. The molecule has 0 spiro atoms. The average Bonchev–Trinajstić information content (AvgIpc) is 2.47. The van der Waals surface area contributed by atoms with Crippen LogP contribution in [0.1, 0.15) is 26.2 Å². The molecule has 1 rings (SSSR count). The van der Waals surface area contributed by atoms with Gasteiger partial charge in [0.15, 0.2) is 0 Å². The maximum Gasteiger partial charge on any atom is 0.216 e. The van der Waals surface area contributed by atoms with Crippen LogP contribution in [-0.2, 0) is 9.53 Å². The van der Waals surface area contributed by atoms with Crippen molar-refractivity contribution < 1.29 is 9.53 Å². The van der Waals surface area contributed by atoms with Crippen molar-refractivity contribution in [1.29, 1.82) is 0 Å². The lowest BCUT2D eigenvalue weighted by molar-refractivity contribution is -0.119. The maximum absolute atomic E-state index is 10.6. The van der Waals surface area contributed by atoms with E-state index in [2.05, 4.69) is 5.32 Å². The van der Waals surface area contributed by atoms with Crippen LogP contribution in [0, 0.1) is 5.92 Å². The highest BCUT2D eigenvalue weighted by Gasteiger charge is 2.26. The molecule has 0 radical (unpaired) electrons. The first-order valence-corrected chi connectivity index (χ1v) is 4.51. The maximum atomic E-state index is 10.6. The zero-order valence-corrected chi connectivity index (χ0v) is 7.80. The molecule has 1 aliphatic rings. The van der Waals surface area contributed by atoms with Crippen molar-refractivity contribution in [3.8, 4) is 0 Å². The highest BCUT2D eigenvalue weighted by molar-refractivity contribution is 5.72.